The third-order valence-corrected chi connectivity index (χ3v) is 3.01. The highest BCUT2D eigenvalue weighted by atomic mass is 16.5. The highest BCUT2D eigenvalue weighted by molar-refractivity contribution is 6.61. The zero-order valence-electron chi connectivity index (χ0n) is 10.0. The van der Waals surface area contributed by atoms with Crippen LogP contribution < -0.4 is 10.2 Å². The summed E-state index contributed by atoms with van der Waals surface area (Å²) in [6.07, 6.45) is 0. The van der Waals surface area contributed by atoms with E-state index >= 15 is 0 Å². The van der Waals surface area contributed by atoms with Gasteiger partial charge in [0, 0.05) is 0 Å². The average molecular weight is 251 g/mol. The minimum absolute atomic E-state index is 0.369. The lowest BCUT2D eigenvalue weighted by Crippen LogP contribution is -2.27. The van der Waals surface area contributed by atoms with E-state index in [4.69, 9.17) is 14.7 Å². The normalized spacial score (nSPS) is 12.9. The van der Waals surface area contributed by atoms with Gasteiger partial charge in [0.25, 0.3) is 0 Å². The molecule has 1 aliphatic rings. The van der Waals surface area contributed by atoms with Crippen LogP contribution in [0.4, 0.5) is 0 Å². The number of fused-ring (bicyclic) bond motifs is 1. The molecule has 5 heteroatoms. The Kier molecular flexibility index (Phi) is 2.96. The molecule has 0 fully saturated rings. The SMILES string of the molecule is N#Cc1ccccc1Oc1ccc2c(c1)COB2O. The first-order valence-electron chi connectivity index (χ1n) is 5.87. The summed E-state index contributed by atoms with van der Waals surface area (Å²) in [5.74, 6) is 1.14. The molecule has 0 bridgehead atoms. The van der Waals surface area contributed by atoms with Crippen LogP contribution in [0.15, 0.2) is 42.5 Å². The maximum atomic E-state index is 9.54. The Hall–Kier alpha value is -2.29. The lowest BCUT2D eigenvalue weighted by molar-refractivity contribution is 0.275. The van der Waals surface area contributed by atoms with Crippen LogP contribution in [-0.4, -0.2) is 12.1 Å². The molecule has 1 aliphatic heterocycles. The molecule has 1 N–H and O–H groups in total. The van der Waals surface area contributed by atoms with Crippen LogP contribution in [0.25, 0.3) is 0 Å². The van der Waals surface area contributed by atoms with E-state index in [9.17, 15) is 5.02 Å². The maximum Gasteiger partial charge on any atom is 0.491 e. The van der Waals surface area contributed by atoms with Crippen molar-refractivity contribution in [3.8, 4) is 17.6 Å². The molecule has 0 saturated heterocycles. The molecule has 0 spiro atoms. The van der Waals surface area contributed by atoms with Crippen LogP contribution in [0.1, 0.15) is 11.1 Å². The minimum atomic E-state index is -0.851. The van der Waals surface area contributed by atoms with E-state index in [-0.39, 0.29) is 0 Å². The predicted octanol–water partition coefficient (Wildman–Crippen LogP) is 1.57. The van der Waals surface area contributed by atoms with Gasteiger partial charge in [-0.1, -0.05) is 18.2 Å². The standard InChI is InChI=1S/C14H10BNO3/c16-8-10-3-1-2-4-14(10)19-12-5-6-13-11(7-12)9-18-15(13)17/h1-7,17H,9H2. The van der Waals surface area contributed by atoms with Gasteiger partial charge in [-0.3, -0.25) is 0 Å². The van der Waals surface area contributed by atoms with Crippen molar-refractivity contribution in [1.82, 2.24) is 0 Å². The van der Waals surface area contributed by atoms with Crippen molar-refractivity contribution in [1.29, 1.82) is 5.26 Å². The number of nitriles is 1. The third-order valence-electron chi connectivity index (χ3n) is 3.01. The summed E-state index contributed by atoms with van der Waals surface area (Å²) in [4.78, 5) is 0. The fourth-order valence-corrected chi connectivity index (χ4v) is 2.04. The molecule has 0 aliphatic carbocycles. The molecule has 1 heterocycles. The molecule has 0 radical (unpaired) electrons. The van der Waals surface area contributed by atoms with Gasteiger partial charge >= 0.3 is 7.12 Å². The van der Waals surface area contributed by atoms with Crippen molar-refractivity contribution in [3.05, 3.63) is 53.6 Å². The summed E-state index contributed by atoms with van der Waals surface area (Å²) in [7, 11) is -0.851. The van der Waals surface area contributed by atoms with E-state index in [1.165, 1.54) is 0 Å². The van der Waals surface area contributed by atoms with Crippen LogP contribution in [0.2, 0.25) is 0 Å². The molecule has 0 amide bonds. The number of rotatable bonds is 2. The van der Waals surface area contributed by atoms with E-state index in [0.29, 0.717) is 23.7 Å². The van der Waals surface area contributed by atoms with Gasteiger partial charge < -0.3 is 14.4 Å². The van der Waals surface area contributed by atoms with Gasteiger partial charge in [0.15, 0.2) is 0 Å². The predicted molar refractivity (Wildman–Crippen MR) is 70.1 cm³/mol. The van der Waals surface area contributed by atoms with Gasteiger partial charge in [-0.25, -0.2) is 0 Å². The fraction of sp³-hybridized carbons (Fsp3) is 0.0714. The summed E-state index contributed by atoms with van der Waals surface area (Å²) in [6, 6.07) is 14.5. The third kappa shape index (κ3) is 2.19. The minimum Gasteiger partial charge on any atom is -0.456 e. The summed E-state index contributed by atoms with van der Waals surface area (Å²) in [5.41, 5.74) is 2.15. The number of hydrogen-bond acceptors (Lipinski definition) is 4. The Labute approximate surface area is 111 Å². The Morgan fingerprint density at radius 1 is 1.26 bits per heavy atom. The van der Waals surface area contributed by atoms with Crippen LogP contribution in [0.5, 0.6) is 11.5 Å². The quantitative estimate of drug-likeness (QED) is 0.823. The molecular weight excluding hydrogens is 241 g/mol. The number of benzene rings is 2. The van der Waals surface area contributed by atoms with E-state index in [1.807, 2.05) is 12.1 Å². The van der Waals surface area contributed by atoms with Crippen molar-refractivity contribution in [2.75, 3.05) is 0 Å². The smallest absolute Gasteiger partial charge is 0.456 e. The Morgan fingerprint density at radius 2 is 2.11 bits per heavy atom. The first kappa shape index (κ1) is 11.8. The van der Waals surface area contributed by atoms with Gasteiger partial charge in [-0.05, 0) is 35.3 Å². The fourth-order valence-electron chi connectivity index (χ4n) is 2.04. The van der Waals surface area contributed by atoms with Crippen molar-refractivity contribution >= 4 is 12.6 Å². The Bertz CT molecular complexity index is 666. The maximum absolute atomic E-state index is 9.54. The first-order chi connectivity index (χ1) is 9.28. The molecule has 92 valence electrons. The van der Waals surface area contributed by atoms with Gasteiger partial charge in [0.2, 0.25) is 0 Å². The molecular formula is C14H10BNO3. The Balaban J connectivity index is 1.91. The van der Waals surface area contributed by atoms with Gasteiger partial charge in [0.05, 0.1) is 12.2 Å². The molecule has 2 aromatic rings. The zero-order valence-corrected chi connectivity index (χ0v) is 10.0. The molecule has 2 aromatic carbocycles. The molecule has 4 nitrogen and oxygen atoms in total. The molecule has 0 atom stereocenters. The van der Waals surface area contributed by atoms with Crippen LogP contribution >= 0.6 is 0 Å². The number of nitrogens with zero attached hydrogens (tertiary/aromatic N) is 1. The van der Waals surface area contributed by atoms with Crippen molar-refractivity contribution < 1.29 is 14.4 Å². The zero-order chi connectivity index (χ0) is 13.2. The van der Waals surface area contributed by atoms with Crippen molar-refractivity contribution in [2.45, 2.75) is 6.61 Å². The second-order valence-electron chi connectivity index (χ2n) is 4.23. The van der Waals surface area contributed by atoms with Crippen LogP contribution in [-0.2, 0) is 11.3 Å². The van der Waals surface area contributed by atoms with Crippen LogP contribution in [0.3, 0.4) is 0 Å². The van der Waals surface area contributed by atoms with Gasteiger partial charge in [-0.2, -0.15) is 5.26 Å². The monoisotopic (exact) mass is 251 g/mol. The van der Waals surface area contributed by atoms with E-state index in [2.05, 4.69) is 6.07 Å². The lowest BCUT2D eigenvalue weighted by Gasteiger charge is -2.08. The number of ether oxygens (including phenoxy) is 1. The van der Waals surface area contributed by atoms with E-state index in [0.717, 1.165) is 11.0 Å². The first-order valence-corrected chi connectivity index (χ1v) is 5.87. The van der Waals surface area contributed by atoms with Gasteiger partial charge in [-0.15, -0.1) is 0 Å². The van der Waals surface area contributed by atoms with Gasteiger partial charge in [0.1, 0.15) is 17.6 Å². The topological polar surface area (TPSA) is 62.5 Å². The van der Waals surface area contributed by atoms with Crippen molar-refractivity contribution in [2.24, 2.45) is 0 Å². The van der Waals surface area contributed by atoms with Crippen LogP contribution in [0, 0.1) is 11.3 Å². The molecule has 0 saturated carbocycles. The largest absolute Gasteiger partial charge is 0.491 e. The number of hydrogen-bond donors (Lipinski definition) is 1. The summed E-state index contributed by atoms with van der Waals surface area (Å²) in [5, 5.41) is 18.5. The summed E-state index contributed by atoms with van der Waals surface area (Å²) in [6.45, 7) is 0.369. The number of para-hydroxylation sites is 1. The van der Waals surface area contributed by atoms with Crippen molar-refractivity contribution in [3.63, 3.8) is 0 Å². The molecule has 0 aromatic heterocycles. The lowest BCUT2D eigenvalue weighted by atomic mass is 9.80. The summed E-state index contributed by atoms with van der Waals surface area (Å²) < 4.78 is 10.8. The van der Waals surface area contributed by atoms with E-state index < -0.39 is 7.12 Å². The second-order valence-corrected chi connectivity index (χ2v) is 4.23. The average Bonchev–Trinajstić information content (AvgIpc) is 2.81. The second kappa shape index (κ2) is 4.77. The highest BCUT2D eigenvalue weighted by Gasteiger charge is 2.27. The van der Waals surface area contributed by atoms with E-state index in [1.54, 1.807) is 30.3 Å². The summed E-state index contributed by atoms with van der Waals surface area (Å²) >= 11 is 0. The highest BCUT2D eigenvalue weighted by Crippen LogP contribution is 2.26. The molecule has 19 heavy (non-hydrogen) atoms. The Morgan fingerprint density at radius 3 is 2.95 bits per heavy atom. The molecule has 0 unspecified atom stereocenters. The molecule has 3 rings (SSSR count).